The van der Waals surface area contributed by atoms with Gasteiger partial charge in [-0.05, 0) is 30.7 Å². The average Bonchev–Trinajstić information content (AvgIpc) is 2.93. The molecule has 5 nitrogen and oxygen atoms in total. The zero-order chi connectivity index (χ0) is 14.4. The second-order valence-electron chi connectivity index (χ2n) is 4.78. The van der Waals surface area contributed by atoms with Crippen LogP contribution in [0.15, 0.2) is 36.4 Å². The van der Waals surface area contributed by atoms with E-state index in [1.165, 1.54) is 0 Å². The third-order valence-corrected chi connectivity index (χ3v) is 3.22. The number of nitrogens with zero attached hydrogens (tertiary/aromatic N) is 1. The predicted molar refractivity (Wildman–Crippen MR) is 75.9 cm³/mol. The molecule has 0 aliphatic heterocycles. The first-order chi connectivity index (χ1) is 9.71. The summed E-state index contributed by atoms with van der Waals surface area (Å²) in [5.41, 5.74) is 1.39. The van der Waals surface area contributed by atoms with Crippen LogP contribution in [0, 0.1) is 17.2 Å². The molecule has 1 aliphatic rings. The molecule has 0 bridgehead atoms. The molecule has 2 atom stereocenters. The fourth-order valence-corrected chi connectivity index (χ4v) is 2.12. The fourth-order valence-electron chi connectivity index (χ4n) is 2.12. The number of hydrogen-bond donors (Lipinski definition) is 3. The number of hydrogen-bond acceptors (Lipinski definition) is 4. The van der Waals surface area contributed by atoms with E-state index in [1.807, 2.05) is 18.2 Å². The lowest BCUT2D eigenvalue weighted by molar-refractivity contribution is -0.119. The molecule has 0 aromatic heterocycles. The van der Waals surface area contributed by atoms with Crippen LogP contribution in [-0.4, -0.2) is 30.2 Å². The number of aliphatic hydroxyl groups excluding tert-OH is 1. The van der Waals surface area contributed by atoms with Crippen LogP contribution in [-0.2, 0) is 4.79 Å². The van der Waals surface area contributed by atoms with Gasteiger partial charge in [0.25, 0.3) is 0 Å². The van der Waals surface area contributed by atoms with Gasteiger partial charge in [-0.25, -0.2) is 0 Å². The zero-order valence-corrected chi connectivity index (χ0v) is 11.0. The van der Waals surface area contributed by atoms with E-state index in [4.69, 9.17) is 10.4 Å². The van der Waals surface area contributed by atoms with Crippen LogP contribution in [0.1, 0.15) is 12.0 Å². The van der Waals surface area contributed by atoms with Crippen LogP contribution >= 0.6 is 0 Å². The van der Waals surface area contributed by atoms with E-state index in [1.54, 1.807) is 24.3 Å². The minimum atomic E-state index is -0.0948. The first kappa shape index (κ1) is 14.1. The highest BCUT2D eigenvalue weighted by atomic mass is 16.3. The molecule has 0 unspecified atom stereocenters. The van der Waals surface area contributed by atoms with E-state index >= 15 is 0 Å². The van der Waals surface area contributed by atoms with Crippen molar-refractivity contribution in [2.45, 2.75) is 12.5 Å². The number of carbonyl (C=O) groups is 1. The highest BCUT2D eigenvalue weighted by molar-refractivity contribution is 5.81. The Morgan fingerprint density at radius 1 is 1.35 bits per heavy atom. The Bertz CT molecular complexity index is 531. The number of benzene rings is 1. The number of nitriles is 1. The molecule has 1 aliphatic carbocycles. The summed E-state index contributed by atoms with van der Waals surface area (Å²) >= 11 is 0. The summed E-state index contributed by atoms with van der Waals surface area (Å²) in [7, 11) is 0. The molecular weight excluding hydrogens is 254 g/mol. The molecule has 0 saturated heterocycles. The summed E-state index contributed by atoms with van der Waals surface area (Å²) in [6, 6.07) is 8.98. The second-order valence-corrected chi connectivity index (χ2v) is 4.78. The molecule has 0 radical (unpaired) electrons. The standard InChI is InChI=1S/C15H17N3O2/c16-8-11-1-4-13(5-2-11)17-9-15(20)18-14-6-3-12(7-14)10-19/h1-6,12,14,17,19H,7,9-10H2,(H,18,20)/t12-,14+/m0/s1. The van der Waals surface area contributed by atoms with Crippen molar-refractivity contribution in [1.82, 2.24) is 5.32 Å². The predicted octanol–water partition coefficient (Wildman–Crippen LogP) is 1.02. The number of carbonyl (C=O) groups excluding carboxylic acids is 1. The summed E-state index contributed by atoms with van der Waals surface area (Å²) in [5.74, 6) is 0.0504. The fraction of sp³-hybridized carbons (Fsp3) is 0.333. The molecule has 0 saturated carbocycles. The Hall–Kier alpha value is -2.32. The summed E-state index contributed by atoms with van der Waals surface area (Å²) in [6.07, 6.45) is 4.60. The van der Waals surface area contributed by atoms with Crippen LogP contribution in [0.4, 0.5) is 5.69 Å². The lowest BCUT2D eigenvalue weighted by Crippen LogP contribution is -2.36. The summed E-state index contributed by atoms with van der Waals surface area (Å²) in [4.78, 5) is 11.8. The topological polar surface area (TPSA) is 85.2 Å². The number of nitrogens with one attached hydrogen (secondary N) is 2. The van der Waals surface area contributed by atoms with Crippen molar-refractivity contribution in [3.05, 3.63) is 42.0 Å². The first-order valence-corrected chi connectivity index (χ1v) is 6.54. The van der Waals surface area contributed by atoms with Crippen molar-refractivity contribution in [3.8, 4) is 6.07 Å². The molecule has 0 spiro atoms. The molecule has 2 rings (SSSR count). The van der Waals surface area contributed by atoms with Gasteiger partial charge in [-0.15, -0.1) is 0 Å². The van der Waals surface area contributed by atoms with E-state index in [2.05, 4.69) is 10.6 Å². The van der Waals surface area contributed by atoms with Crippen molar-refractivity contribution >= 4 is 11.6 Å². The SMILES string of the molecule is N#Cc1ccc(NCC(=O)N[C@@H]2C=C[C@H](CO)C2)cc1. The smallest absolute Gasteiger partial charge is 0.239 e. The maximum atomic E-state index is 11.8. The normalized spacial score (nSPS) is 20.4. The van der Waals surface area contributed by atoms with Crippen molar-refractivity contribution in [2.24, 2.45) is 5.92 Å². The van der Waals surface area contributed by atoms with Gasteiger partial charge >= 0.3 is 0 Å². The first-order valence-electron chi connectivity index (χ1n) is 6.54. The molecular formula is C15H17N3O2. The second kappa shape index (κ2) is 6.73. The molecule has 1 aromatic carbocycles. The summed E-state index contributed by atoms with van der Waals surface area (Å²) in [5, 5.41) is 23.6. The van der Waals surface area contributed by atoms with E-state index in [0.29, 0.717) is 5.56 Å². The highest BCUT2D eigenvalue weighted by Gasteiger charge is 2.19. The average molecular weight is 271 g/mol. The third-order valence-electron chi connectivity index (χ3n) is 3.22. The lowest BCUT2D eigenvalue weighted by atomic mass is 10.1. The number of rotatable bonds is 5. The molecule has 5 heteroatoms. The van der Waals surface area contributed by atoms with Crippen molar-refractivity contribution in [3.63, 3.8) is 0 Å². The van der Waals surface area contributed by atoms with Crippen LogP contribution in [0.3, 0.4) is 0 Å². The largest absolute Gasteiger partial charge is 0.396 e. The molecule has 1 amide bonds. The Morgan fingerprint density at radius 2 is 2.10 bits per heavy atom. The zero-order valence-electron chi connectivity index (χ0n) is 11.0. The molecule has 1 aromatic rings. The van der Waals surface area contributed by atoms with Crippen molar-refractivity contribution in [1.29, 1.82) is 5.26 Å². The molecule has 20 heavy (non-hydrogen) atoms. The van der Waals surface area contributed by atoms with Crippen molar-refractivity contribution in [2.75, 3.05) is 18.5 Å². The molecule has 0 heterocycles. The number of amides is 1. The van der Waals surface area contributed by atoms with Crippen LogP contribution in [0.25, 0.3) is 0 Å². The van der Waals surface area contributed by atoms with Gasteiger partial charge in [0.05, 0.1) is 18.2 Å². The van der Waals surface area contributed by atoms with Crippen molar-refractivity contribution < 1.29 is 9.90 Å². The molecule has 104 valence electrons. The number of aliphatic hydroxyl groups is 1. The summed E-state index contributed by atoms with van der Waals surface area (Å²) < 4.78 is 0. The van der Waals surface area contributed by atoms with Crippen LogP contribution < -0.4 is 10.6 Å². The Kier molecular flexibility index (Phi) is 4.75. The van der Waals surface area contributed by atoms with Gasteiger partial charge in [-0.1, -0.05) is 12.2 Å². The quantitative estimate of drug-likeness (QED) is 0.698. The van der Waals surface area contributed by atoms with E-state index < -0.39 is 0 Å². The monoisotopic (exact) mass is 271 g/mol. The summed E-state index contributed by atoms with van der Waals surface area (Å²) in [6.45, 7) is 0.298. The van der Waals surface area contributed by atoms with Gasteiger partial charge in [0, 0.05) is 24.3 Å². The van der Waals surface area contributed by atoms with Crippen LogP contribution in [0.2, 0.25) is 0 Å². The Balaban J connectivity index is 1.75. The minimum absolute atomic E-state index is 0.00224. The third kappa shape index (κ3) is 3.84. The van der Waals surface area contributed by atoms with Gasteiger partial charge < -0.3 is 15.7 Å². The van der Waals surface area contributed by atoms with Gasteiger partial charge in [0.15, 0.2) is 0 Å². The van der Waals surface area contributed by atoms with Gasteiger partial charge in [-0.3, -0.25) is 4.79 Å². The lowest BCUT2D eigenvalue weighted by Gasteiger charge is -2.13. The molecule has 0 fully saturated rings. The highest BCUT2D eigenvalue weighted by Crippen LogP contribution is 2.16. The van der Waals surface area contributed by atoms with E-state index in [0.717, 1.165) is 12.1 Å². The minimum Gasteiger partial charge on any atom is -0.396 e. The molecule has 3 N–H and O–H groups in total. The van der Waals surface area contributed by atoms with Gasteiger partial charge in [-0.2, -0.15) is 5.26 Å². The van der Waals surface area contributed by atoms with Gasteiger partial charge in [0.2, 0.25) is 5.91 Å². The van der Waals surface area contributed by atoms with E-state index in [-0.39, 0.29) is 31.0 Å². The van der Waals surface area contributed by atoms with E-state index in [9.17, 15) is 4.79 Å². The number of anilines is 1. The maximum absolute atomic E-state index is 11.8. The Morgan fingerprint density at radius 3 is 2.70 bits per heavy atom. The van der Waals surface area contributed by atoms with Gasteiger partial charge in [0.1, 0.15) is 0 Å². The van der Waals surface area contributed by atoms with Crippen LogP contribution in [0.5, 0.6) is 0 Å². The Labute approximate surface area is 117 Å². The maximum Gasteiger partial charge on any atom is 0.239 e.